The van der Waals surface area contributed by atoms with Crippen molar-refractivity contribution in [1.82, 2.24) is 0 Å². The smallest absolute Gasteiger partial charge is 0.345 e. The summed E-state index contributed by atoms with van der Waals surface area (Å²) < 4.78 is 5.05. The summed E-state index contributed by atoms with van der Waals surface area (Å²) in [6.07, 6.45) is 0.708. The first kappa shape index (κ1) is 14.2. The molecule has 1 aromatic rings. The van der Waals surface area contributed by atoms with Gasteiger partial charge in [0.25, 0.3) is 5.69 Å². The second-order valence-corrected chi connectivity index (χ2v) is 5.22. The standard InChI is InChI=1S/C13H17NO4/c1-13(2,3)8-9-18-12(15)10-6-4-5-7-11(10)14(16)17/h4-7H,8-9H2,1-3H3. The summed E-state index contributed by atoms with van der Waals surface area (Å²) in [5.74, 6) is -0.647. The third kappa shape index (κ3) is 4.16. The Balaban J connectivity index is 2.70. The van der Waals surface area contributed by atoms with Crippen molar-refractivity contribution in [2.75, 3.05) is 6.61 Å². The fraction of sp³-hybridized carbons (Fsp3) is 0.462. The number of rotatable bonds is 4. The van der Waals surface area contributed by atoms with Gasteiger partial charge in [0.2, 0.25) is 0 Å². The van der Waals surface area contributed by atoms with Gasteiger partial charge in [-0.1, -0.05) is 32.9 Å². The van der Waals surface area contributed by atoms with Crippen molar-refractivity contribution in [2.45, 2.75) is 27.2 Å². The average molecular weight is 251 g/mol. The molecule has 0 N–H and O–H groups in total. The average Bonchev–Trinajstić information content (AvgIpc) is 2.27. The van der Waals surface area contributed by atoms with Crippen LogP contribution in [0.4, 0.5) is 5.69 Å². The number of hydrogen-bond acceptors (Lipinski definition) is 4. The first-order valence-electron chi connectivity index (χ1n) is 5.72. The van der Waals surface area contributed by atoms with Crippen molar-refractivity contribution in [2.24, 2.45) is 5.41 Å². The van der Waals surface area contributed by atoms with Gasteiger partial charge in [0.15, 0.2) is 0 Å². The molecule has 5 nitrogen and oxygen atoms in total. The summed E-state index contributed by atoms with van der Waals surface area (Å²) in [4.78, 5) is 21.9. The largest absolute Gasteiger partial charge is 0.462 e. The molecule has 1 rings (SSSR count). The topological polar surface area (TPSA) is 69.4 Å². The van der Waals surface area contributed by atoms with Gasteiger partial charge in [-0.05, 0) is 17.9 Å². The molecule has 0 bridgehead atoms. The Morgan fingerprint density at radius 3 is 2.50 bits per heavy atom. The van der Waals surface area contributed by atoms with Crippen molar-refractivity contribution in [3.8, 4) is 0 Å². The Morgan fingerprint density at radius 1 is 1.33 bits per heavy atom. The fourth-order valence-corrected chi connectivity index (χ4v) is 1.33. The minimum Gasteiger partial charge on any atom is -0.462 e. The Morgan fingerprint density at radius 2 is 1.94 bits per heavy atom. The summed E-state index contributed by atoms with van der Waals surface area (Å²) in [5.41, 5.74) is -0.169. The maximum absolute atomic E-state index is 11.7. The molecule has 0 heterocycles. The van der Waals surface area contributed by atoms with E-state index < -0.39 is 10.9 Å². The van der Waals surface area contributed by atoms with Crippen LogP contribution in [-0.2, 0) is 4.74 Å². The number of benzene rings is 1. The molecule has 0 atom stereocenters. The number of hydrogen-bond donors (Lipinski definition) is 0. The molecule has 0 radical (unpaired) electrons. The number of nitro groups is 1. The summed E-state index contributed by atoms with van der Waals surface area (Å²) >= 11 is 0. The molecule has 18 heavy (non-hydrogen) atoms. The van der Waals surface area contributed by atoms with E-state index >= 15 is 0 Å². The normalized spacial score (nSPS) is 11.1. The lowest BCUT2D eigenvalue weighted by Crippen LogP contribution is -2.14. The van der Waals surface area contributed by atoms with Crippen LogP contribution in [-0.4, -0.2) is 17.5 Å². The third-order valence-corrected chi connectivity index (χ3v) is 2.41. The van der Waals surface area contributed by atoms with Crippen LogP contribution in [0.1, 0.15) is 37.6 Å². The van der Waals surface area contributed by atoms with Crippen LogP contribution < -0.4 is 0 Å². The highest BCUT2D eigenvalue weighted by atomic mass is 16.6. The molecule has 0 aromatic heterocycles. The maximum Gasteiger partial charge on any atom is 0.345 e. The molecule has 0 spiro atoms. The Labute approximate surface area is 106 Å². The van der Waals surface area contributed by atoms with E-state index in [0.717, 1.165) is 0 Å². The molecule has 0 saturated heterocycles. The van der Waals surface area contributed by atoms with E-state index in [4.69, 9.17) is 4.74 Å². The minimum atomic E-state index is -0.647. The van der Waals surface area contributed by atoms with Gasteiger partial charge < -0.3 is 4.74 Å². The summed E-state index contributed by atoms with van der Waals surface area (Å²) in [6, 6.07) is 5.79. The molecule has 0 fully saturated rings. The summed E-state index contributed by atoms with van der Waals surface area (Å²) in [5, 5.41) is 10.8. The van der Waals surface area contributed by atoms with Crippen molar-refractivity contribution >= 4 is 11.7 Å². The molecule has 0 amide bonds. The van der Waals surface area contributed by atoms with Gasteiger partial charge in [-0.3, -0.25) is 10.1 Å². The van der Waals surface area contributed by atoms with Crippen molar-refractivity contribution < 1.29 is 14.5 Å². The highest BCUT2D eigenvalue weighted by molar-refractivity contribution is 5.93. The summed E-state index contributed by atoms with van der Waals surface area (Å²) in [6.45, 7) is 6.36. The van der Waals surface area contributed by atoms with Crippen molar-refractivity contribution in [1.29, 1.82) is 0 Å². The Hall–Kier alpha value is -1.91. The van der Waals surface area contributed by atoms with Crippen LogP contribution >= 0.6 is 0 Å². The van der Waals surface area contributed by atoms with E-state index in [1.165, 1.54) is 18.2 Å². The van der Waals surface area contributed by atoms with Crippen LogP contribution in [0.15, 0.2) is 24.3 Å². The number of esters is 1. The fourth-order valence-electron chi connectivity index (χ4n) is 1.33. The first-order valence-corrected chi connectivity index (χ1v) is 5.72. The molecule has 0 aliphatic heterocycles. The van der Waals surface area contributed by atoms with Crippen molar-refractivity contribution in [3.05, 3.63) is 39.9 Å². The number of ether oxygens (including phenoxy) is 1. The lowest BCUT2D eigenvalue weighted by atomic mass is 9.93. The molecule has 0 unspecified atom stereocenters. The van der Waals surface area contributed by atoms with E-state index in [2.05, 4.69) is 0 Å². The molecule has 0 aliphatic rings. The van der Waals surface area contributed by atoms with Gasteiger partial charge in [0.05, 0.1) is 11.5 Å². The molecule has 0 saturated carbocycles. The molecule has 98 valence electrons. The van der Waals surface area contributed by atoms with Gasteiger partial charge in [-0.15, -0.1) is 0 Å². The second-order valence-electron chi connectivity index (χ2n) is 5.22. The minimum absolute atomic E-state index is 0.00332. The van der Waals surface area contributed by atoms with Crippen LogP contribution in [0, 0.1) is 15.5 Å². The van der Waals surface area contributed by atoms with E-state index in [1.807, 2.05) is 20.8 Å². The number of carbonyl (C=O) groups is 1. The first-order chi connectivity index (χ1) is 8.31. The highest BCUT2D eigenvalue weighted by Gasteiger charge is 2.21. The van der Waals surface area contributed by atoms with E-state index in [-0.39, 0.29) is 23.3 Å². The van der Waals surface area contributed by atoms with Crippen LogP contribution in [0.3, 0.4) is 0 Å². The quantitative estimate of drug-likeness (QED) is 0.468. The van der Waals surface area contributed by atoms with E-state index in [9.17, 15) is 14.9 Å². The lowest BCUT2D eigenvalue weighted by Gasteiger charge is -2.17. The monoisotopic (exact) mass is 251 g/mol. The molecular weight excluding hydrogens is 234 g/mol. The van der Waals surface area contributed by atoms with Gasteiger partial charge in [0.1, 0.15) is 5.56 Å². The van der Waals surface area contributed by atoms with Gasteiger partial charge in [-0.2, -0.15) is 0 Å². The van der Waals surface area contributed by atoms with Crippen molar-refractivity contribution in [3.63, 3.8) is 0 Å². The number of carbonyl (C=O) groups excluding carboxylic acids is 1. The zero-order valence-corrected chi connectivity index (χ0v) is 10.8. The van der Waals surface area contributed by atoms with E-state index in [0.29, 0.717) is 6.42 Å². The van der Waals surface area contributed by atoms with Crippen LogP contribution in [0.25, 0.3) is 0 Å². The molecular formula is C13H17NO4. The summed E-state index contributed by atoms with van der Waals surface area (Å²) in [7, 11) is 0. The van der Waals surface area contributed by atoms with Crippen LogP contribution in [0.5, 0.6) is 0 Å². The van der Waals surface area contributed by atoms with Gasteiger partial charge in [0, 0.05) is 6.07 Å². The second kappa shape index (κ2) is 5.62. The Bertz CT molecular complexity index is 449. The predicted octanol–water partition coefficient (Wildman–Crippen LogP) is 3.19. The lowest BCUT2D eigenvalue weighted by molar-refractivity contribution is -0.385. The van der Waals surface area contributed by atoms with E-state index in [1.54, 1.807) is 6.07 Å². The number of nitro benzene ring substituents is 1. The van der Waals surface area contributed by atoms with Crippen LogP contribution in [0.2, 0.25) is 0 Å². The SMILES string of the molecule is CC(C)(C)CCOC(=O)c1ccccc1[N+](=O)[O-]. The Kier molecular flexibility index (Phi) is 4.42. The zero-order valence-electron chi connectivity index (χ0n) is 10.8. The third-order valence-electron chi connectivity index (χ3n) is 2.41. The van der Waals surface area contributed by atoms with Gasteiger partial charge >= 0.3 is 5.97 Å². The highest BCUT2D eigenvalue weighted by Crippen LogP contribution is 2.21. The predicted molar refractivity (Wildman–Crippen MR) is 67.5 cm³/mol. The number of nitrogens with zero attached hydrogens (tertiary/aromatic N) is 1. The zero-order chi connectivity index (χ0) is 13.8. The molecule has 0 aliphatic carbocycles. The maximum atomic E-state index is 11.7. The molecule has 5 heteroatoms. The molecule has 1 aromatic carbocycles. The number of para-hydroxylation sites is 1. The van der Waals surface area contributed by atoms with Gasteiger partial charge in [-0.25, -0.2) is 4.79 Å².